The van der Waals surface area contributed by atoms with Crippen molar-refractivity contribution in [1.82, 2.24) is 9.80 Å². The molecule has 1 atom stereocenters. The molecule has 0 spiro atoms. The molecule has 1 unspecified atom stereocenters. The second-order valence-corrected chi connectivity index (χ2v) is 6.06. The van der Waals surface area contributed by atoms with Crippen LogP contribution in [0.1, 0.15) is 30.0 Å². The number of nitrogens with zero attached hydrogens (tertiary/aromatic N) is 2. The lowest BCUT2D eigenvalue weighted by Gasteiger charge is -2.39. The molecule has 2 fully saturated rings. The summed E-state index contributed by atoms with van der Waals surface area (Å²) in [6.45, 7) is 6.66. The maximum Gasteiger partial charge on any atom is 0.126 e. The Kier molecular flexibility index (Phi) is 4.06. The molecule has 1 aromatic rings. The molecule has 0 aromatic heterocycles. The van der Waals surface area contributed by atoms with Crippen molar-refractivity contribution in [2.75, 3.05) is 32.7 Å². The molecule has 1 saturated heterocycles. The first-order valence-corrected chi connectivity index (χ1v) is 7.63. The van der Waals surface area contributed by atoms with E-state index in [2.05, 4.69) is 9.80 Å². The molecule has 0 radical (unpaired) electrons. The van der Waals surface area contributed by atoms with Crippen molar-refractivity contribution in [1.29, 1.82) is 0 Å². The Labute approximate surface area is 120 Å². The number of benzene rings is 1. The SMILES string of the molecule is Cc1ccc(C(CN)N2CCN(C3CC3)CC2)cc1F. The van der Waals surface area contributed by atoms with Gasteiger partial charge in [-0.2, -0.15) is 0 Å². The zero-order chi connectivity index (χ0) is 14.1. The van der Waals surface area contributed by atoms with Gasteiger partial charge in [-0.05, 0) is 37.0 Å². The van der Waals surface area contributed by atoms with E-state index in [-0.39, 0.29) is 11.9 Å². The van der Waals surface area contributed by atoms with Crippen LogP contribution in [0.3, 0.4) is 0 Å². The van der Waals surface area contributed by atoms with Crippen LogP contribution in [0.15, 0.2) is 18.2 Å². The fourth-order valence-electron chi connectivity index (χ4n) is 3.17. The van der Waals surface area contributed by atoms with E-state index in [1.165, 1.54) is 12.8 Å². The van der Waals surface area contributed by atoms with Gasteiger partial charge in [0.2, 0.25) is 0 Å². The molecule has 1 aromatic carbocycles. The normalized spacial score (nSPS) is 22.9. The van der Waals surface area contributed by atoms with Crippen molar-refractivity contribution in [3.05, 3.63) is 35.1 Å². The molecule has 0 amide bonds. The van der Waals surface area contributed by atoms with Gasteiger partial charge in [0.05, 0.1) is 0 Å². The van der Waals surface area contributed by atoms with E-state index in [4.69, 9.17) is 5.73 Å². The lowest BCUT2D eigenvalue weighted by molar-refractivity contribution is 0.0937. The highest BCUT2D eigenvalue weighted by molar-refractivity contribution is 5.26. The van der Waals surface area contributed by atoms with Crippen LogP contribution in [0.4, 0.5) is 4.39 Å². The Morgan fingerprint density at radius 1 is 1.25 bits per heavy atom. The molecule has 1 saturated carbocycles. The number of rotatable bonds is 4. The Morgan fingerprint density at radius 2 is 1.95 bits per heavy atom. The number of halogens is 1. The lowest BCUT2D eigenvalue weighted by Crippen LogP contribution is -2.49. The van der Waals surface area contributed by atoms with Crippen molar-refractivity contribution in [2.45, 2.75) is 31.8 Å². The molecule has 3 nitrogen and oxygen atoms in total. The molecule has 3 rings (SSSR count). The van der Waals surface area contributed by atoms with Crippen LogP contribution >= 0.6 is 0 Å². The predicted octanol–water partition coefficient (Wildman–Crippen LogP) is 1.91. The molecule has 110 valence electrons. The highest BCUT2D eigenvalue weighted by Gasteiger charge is 2.32. The Hall–Kier alpha value is -0.970. The standard InChI is InChI=1S/C16H24FN3/c1-12-2-3-13(10-15(12)17)16(11-18)20-8-6-19(7-9-20)14-4-5-14/h2-3,10,14,16H,4-9,11,18H2,1H3. The monoisotopic (exact) mass is 277 g/mol. The van der Waals surface area contributed by atoms with Gasteiger partial charge in [0.25, 0.3) is 0 Å². The largest absolute Gasteiger partial charge is 0.329 e. The third-order valence-corrected chi connectivity index (χ3v) is 4.66. The highest BCUT2D eigenvalue weighted by atomic mass is 19.1. The van der Waals surface area contributed by atoms with Gasteiger partial charge in [-0.1, -0.05) is 12.1 Å². The summed E-state index contributed by atoms with van der Waals surface area (Å²) in [5.74, 6) is -0.127. The fraction of sp³-hybridized carbons (Fsp3) is 0.625. The van der Waals surface area contributed by atoms with Crippen LogP contribution in [0.25, 0.3) is 0 Å². The summed E-state index contributed by atoms with van der Waals surface area (Å²) < 4.78 is 13.8. The number of piperazine rings is 1. The minimum absolute atomic E-state index is 0.127. The average Bonchev–Trinajstić information content (AvgIpc) is 3.29. The molecular formula is C16H24FN3. The quantitative estimate of drug-likeness (QED) is 0.912. The minimum atomic E-state index is -0.127. The third-order valence-electron chi connectivity index (χ3n) is 4.66. The molecule has 1 aliphatic carbocycles. The van der Waals surface area contributed by atoms with Crippen molar-refractivity contribution in [2.24, 2.45) is 5.73 Å². The van der Waals surface area contributed by atoms with E-state index in [0.29, 0.717) is 12.1 Å². The van der Waals surface area contributed by atoms with Gasteiger partial charge >= 0.3 is 0 Å². The van der Waals surface area contributed by atoms with E-state index in [9.17, 15) is 4.39 Å². The first-order chi connectivity index (χ1) is 9.69. The first-order valence-electron chi connectivity index (χ1n) is 7.63. The molecule has 2 N–H and O–H groups in total. The Balaban J connectivity index is 1.68. The van der Waals surface area contributed by atoms with Crippen LogP contribution in [0, 0.1) is 12.7 Å². The first kappa shape index (κ1) is 14.0. The van der Waals surface area contributed by atoms with E-state index < -0.39 is 0 Å². The molecule has 1 heterocycles. The van der Waals surface area contributed by atoms with Crippen molar-refractivity contribution >= 4 is 0 Å². The van der Waals surface area contributed by atoms with Gasteiger partial charge in [-0.3, -0.25) is 9.80 Å². The van der Waals surface area contributed by atoms with Gasteiger partial charge in [0, 0.05) is 44.8 Å². The lowest BCUT2D eigenvalue weighted by atomic mass is 10.0. The molecule has 0 bridgehead atoms. The summed E-state index contributed by atoms with van der Waals surface area (Å²) in [6, 6.07) is 6.51. The topological polar surface area (TPSA) is 32.5 Å². The van der Waals surface area contributed by atoms with Gasteiger partial charge in [-0.15, -0.1) is 0 Å². The summed E-state index contributed by atoms with van der Waals surface area (Å²) in [4.78, 5) is 4.99. The minimum Gasteiger partial charge on any atom is -0.329 e. The zero-order valence-corrected chi connectivity index (χ0v) is 12.2. The second kappa shape index (κ2) is 5.80. The van der Waals surface area contributed by atoms with Crippen LogP contribution in [0.2, 0.25) is 0 Å². The number of hydrogen-bond acceptors (Lipinski definition) is 3. The van der Waals surface area contributed by atoms with E-state index in [0.717, 1.165) is 37.8 Å². The summed E-state index contributed by atoms with van der Waals surface area (Å²) in [5.41, 5.74) is 7.66. The van der Waals surface area contributed by atoms with Crippen LogP contribution < -0.4 is 5.73 Å². The summed E-state index contributed by atoms with van der Waals surface area (Å²) in [6.07, 6.45) is 2.73. The maximum absolute atomic E-state index is 13.8. The summed E-state index contributed by atoms with van der Waals surface area (Å²) >= 11 is 0. The van der Waals surface area contributed by atoms with E-state index in [1.807, 2.05) is 12.1 Å². The van der Waals surface area contributed by atoms with E-state index in [1.54, 1.807) is 13.0 Å². The number of aryl methyl sites for hydroxylation is 1. The molecular weight excluding hydrogens is 253 g/mol. The maximum atomic E-state index is 13.8. The smallest absolute Gasteiger partial charge is 0.126 e. The highest BCUT2D eigenvalue weighted by Crippen LogP contribution is 2.29. The van der Waals surface area contributed by atoms with Crippen molar-refractivity contribution in [3.63, 3.8) is 0 Å². The van der Waals surface area contributed by atoms with E-state index >= 15 is 0 Å². The molecule has 4 heteroatoms. The van der Waals surface area contributed by atoms with Crippen molar-refractivity contribution in [3.8, 4) is 0 Å². The van der Waals surface area contributed by atoms with Gasteiger partial charge in [0.1, 0.15) is 5.82 Å². The Bertz CT molecular complexity index is 465. The average molecular weight is 277 g/mol. The predicted molar refractivity (Wildman–Crippen MR) is 79.1 cm³/mol. The second-order valence-electron chi connectivity index (χ2n) is 6.06. The van der Waals surface area contributed by atoms with Crippen molar-refractivity contribution < 1.29 is 4.39 Å². The van der Waals surface area contributed by atoms with Gasteiger partial charge in [-0.25, -0.2) is 4.39 Å². The summed E-state index contributed by atoms with van der Waals surface area (Å²) in [7, 11) is 0. The number of hydrogen-bond donors (Lipinski definition) is 1. The van der Waals surface area contributed by atoms with Crippen LogP contribution in [-0.2, 0) is 0 Å². The molecule has 2 aliphatic rings. The van der Waals surface area contributed by atoms with Crippen LogP contribution in [0.5, 0.6) is 0 Å². The Morgan fingerprint density at radius 3 is 2.50 bits per heavy atom. The number of nitrogens with two attached hydrogens (primary N) is 1. The zero-order valence-electron chi connectivity index (χ0n) is 12.2. The van der Waals surface area contributed by atoms with Gasteiger partial charge in [0.15, 0.2) is 0 Å². The molecule has 1 aliphatic heterocycles. The fourth-order valence-corrected chi connectivity index (χ4v) is 3.17. The molecule has 20 heavy (non-hydrogen) atoms. The summed E-state index contributed by atoms with van der Waals surface area (Å²) in [5, 5.41) is 0. The third kappa shape index (κ3) is 2.87. The van der Waals surface area contributed by atoms with Crippen LogP contribution in [-0.4, -0.2) is 48.6 Å². The van der Waals surface area contributed by atoms with Gasteiger partial charge < -0.3 is 5.73 Å².